The van der Waals surface area contributed by atoms with Gasteiger partial charge in [0.25, 0.3) is 0 Å². The summed E-state index contributed by atoms with van der Waals surface area (Å²) in [6.45, 7) is 12.0. The highest BCUT2D eigenvalue weighted by atomic mass is 32.2. The Morgan fingerprint density at radius 2 is 2.04 bits per heavy atom. The van der Waals surface area contributed by atoms with Crippen LogP contribution in [0, 0.1) is 11.3 Å². The predicted octanol–water partition coefficient (Wildman–Crippen LogP) is 0.683. The Bertz CT molecular complexity index is 586. The van der Waals surface area contributed by atoms with E-state index in [1.165, 1.54) is 6.26 Å². The van der Waals surface area contributed by atoms with Gasteiger partial charge in [-0.2, -0.15) is 0 Å². The molecule has 1 saturated heterocycles. The summed E-state index contributed by atoms with van der Waals surface area (Å²) in [7, 11) is -3.27. The van der Waals surface area contributed by atoms with E-state index >= 15 is 0 Å². The van der Waals surface area contributed by atoms with Crippen LogP contribution in [-0.4, -0.2) is 58.0 Å². The fraction of sp³-hybridized carbons (Fsp3) is 0.938. The molecule has 0 bridgehead atoms. The first-order valence-electron chi connectivity index (χ1n) is 8.62. The summed E-state index contributed by atoms with van der Waals surface area (Å²) in [5.41, 5.74) is -0.568. The third-order valence-electron chi connectivity index (χ3n) is 4.83. The standard InChI is InChI=1S/C16H32N4O3S/c1-7-17-14(18-10-15(2,3)20-24(6,21)22)19-12-11-8-9-23-13(11)16(12,4)5/h11-13,20H,7-10H2,1-6H3,(H2,17,18,19). The van der Waals surface area contributed by atoms with Gasteiger partial charge < -0.3 is 15.4 Å². The van der Waals surface area contributed by atoms with Gasteiger partial charge in [-0.3, -0.25) is 4.99 Å². The van der Waals surface area contributed by atoms with Crippen molar-refractivity contribution in [3.05, 3.63) is 0 Å². The molecule has 0 amide bonds. The second-order valence-electron chi connectivity index (χ2n) is 8.14. The molecule has 2 aliphatic rings. The zero-order valence-corrected chi connectivity index (χ0v) is 16.5. The minimum atomic E-state index is -3.27. The van der Waals surface area contributed by atoms with Crippen molar-refractivity contribution in [3.63, 3.8) is 0 Å². The Morgan fingerprint density at radius 1 is 1.38 bits per heavy atom. The average molecular weight is 361 g/mol. The number of sulfonamides is 1. The first-order valence-corrected chi connectivity index (χ1v) is 10.5. The number of fused-ring (bicyclic) bond motifs is 1. The van der Waals surface area contributed by atoms with E-state index in [1.54, 1.807) is 0 Å². The summed E-state index contributed by atoms with van der Waals surface area (Å²) in [5.74, 6) is 1.25. The minimum absolute atomic E-state index is 0.0673. The summed E-state index contributed by atoms with van der Waals surface area (Å²) in [6, 6.07) is 0.314. The topological polar surface area (TPSA) is 91.8 Å². The van der Waals surface area contributed by atoms with Crippen LogP contribution < -0.4 is 15.4 Å². The summed E-state index contributed by atoms with van der Waals surface area (Å²) in [4.78, 5) is 4.60. The zero-order chi connectivity index (χ0) is 18.2. The van der Waals surface area contributed by atoms with Gasteiger partial charge in [0, 0.05) is 36.1 Å². The Hall–Kier alpha value is -0.860. The van der Waals surface area contributed by atoms with E-state index in [4.69, 9.17) is 4.74 Å². The molecule has 0 aromatic rings. The lowest BCUT2D eigenvalue weighted by atomic mass is 9.57. The van der Waals surface area contributed by atoms with Crippen molar-refractivity contribution in [1.29, 1.82) is 0 Å². The Balaban J connectivity index is 2.04. The van der Waals surface area contributed by atoms with Gasteiger partial charge in [-0.15, -0.1) is 0 Å². The lowest BCUT2D eigenvalue weighted by Crippen LogP contribution is -2.68. The maximum atomic E-state index is 11.5. The van der Waals surface area contributed by atoms with Crippen molar-refractivity contribution < 1.29 is 13.2 Å². The normalized spacial score (nSPS) is 29.8. The maximum Gasteiger partial charge on any atom is 0.209 e. The third-order valence-corrected chi connectivity index (χ3v) is 5.75. The minimum Gasteiger partial charge on any atom is -0.377 e. The van der Waals surface area contributed by atoms with Crippen LogP contribution in [0.3, 0.4) is 0 Å². The Labute approximate surface area is 146 Å². The van der Waals surface area contributed by atoms with Crippen LogP contribution >= 0.6 is 0 Å². The van der Waals surface area contributed by atoms with E-state index in [9.17, 15) is 8.42 Å². The van der Waals surface area contributed by atoms with E-state index in [-0.39, 0.29) is 5.41 Å². The highest BCUT2D eigenvalue weighted by Crippen LogP contribution is 2.52. The summed E-state index contributed by atoms with van der Waals surface area (Å²) in [6.07, 6.45) is 2.56. The Morgan fingerprint density at radius 3 is 2.62 bits per heavy atom. The van der Waals surface area contributed by atoms with Crippen LogP contribution in [0.5, 0.6) is 0 Å². The Kier molecular flexibility index (Phi) is 5.52. The molecule has 1 aliphatic carbocycles. The fourth-order valence-corrected chi connectivity index (χ4v) is 4.96. The van der Waals surface area contributed by atoms with Gasteiger partial charge in [0.05, 0.1) is 18.9 Å². The van der Waals surface area contributed by atoms with Gasteiger partial charge in [0.2, 0.25) is 10.0 Å². The van der Waals surface area contributed by atoms with Crippen LogP contribution in [0.25, 0.3) is 0 Å². The van der Waals surface area contributed by atoms with Gasteiger partial charge in [-0.1, -0.05) is 13.8 Å². The summed E-state index contributed by atoms with van der Waals surface area (Å²) in [5, 5.41) is 6.79. The second-order valence-corrected chi connectivity index (χ2v) is 9.89. The number of guanidine groups is 1. The molecular formula is C16H32N4O3S. The van der Waals surface area contributed by atoms with Crippen LogP contribution in [-0.2, 0) is 14.8 Å². The molecule has 1 aliphatic heterocycles. The van der Waals surface area contributed by atoms with E-state index in [1.807, 2.05) is 20.8 Å². The van der Waals surface area contributed by atoms with E-state index in [0.29, 0.717) is 24.6 Å². The van der Waals surface area contributed by atoms with E-state index in [2.05, 4.69) is 34.2 Å². The number of nitrogens with one attached hydrogen (secondary N) is 3. The van der Waals surface area contributed by atoms with E-state index < -0.39 is 15.6 Å². The lowest BCUT2D eigenvalue weighted by molar-refractivity contribution is -0.106. The molecule has 2 rings (SSSR count). The molecule has 0 aromatic heterocycles. The number of hydrogen-bond acceptors (Lipinski definition) is 4. The quantitative estimate of drug-likeness (QED) is 0.479. The molecule has 1 saturated carbocycles. The molecule has 7 nitrogen and oxygen atoms in total. The van der Waals surface area contributed by atoms with Crippen LogP contribution in [0.15, 0.2) is 4.99 Å². The molecule has 24 heavy (non-hydrogen) atoms. The summed E-state index contributed by atoms with van der Waals surface area (Å²) >= 11 is 0. The average Bonchev–Trinajstić information content (AvgIpc) is 2.86. The molecule has 0 spiro atoms. The highest BCUT2D eigenvalue weighted by molar-refractivity contribution is 7.88. The molecule has 3 unspecified atom stereocenters. The molecule has 2 fully saturated rings. The largest absolute Gasteiger partial charge is 0.377 e. The predicted molar refractivity (Wildman–Crippen MR) is 96.6 cm³/mol. The van der Waals surface area contributed by atoms with Crippen LogP contribution in [0.4, 0.5) is 0 Å². The molecule has 1 heterocycles. The molecule has 3 N–H and O–H groups in total. The molecular weight excluding hydrogens is 328 g/mol. The lowest BCUT2D eigenvalue weighted by Gasteiger charge is -2.55. The maximum absolute atomic E-state index is 11.5. The smallest absolute Gasteiger partial charge is 0.209 e. The van der Waals surface area contributed by atoms with Crippen molar-refractivity contribution in [3.8, 4) is 0 Å². The monoisotopic (exact) mass is 360 g/mol. The highest BCUT2D eigenvalue weighted by Gasteiger charge is 2.59. The number of ether oxygens (including phenoxy) is 1. The van der Waals surface area contributed by atoms with Gasteiger partial charge >= 0.3 is 0 Å². The molecule has 3 atom stereocenters. The van der Waals surface area contributed by atoms with Gasteiger partial charge in [0.1, 0.15) is 0 Å². The number of rotatable bonds is 6. The molecule has 8 heteroatoms. The van der Waals surface area contributed by atoms with Crippen molar-refractivity contribution in [2.24, 2.45) is 16.3 Å². The van der Waals surface area contributed by atoms with Gasteiger partial charge in [-0.25, -0.2) is 13.1 Å². The number of nitrogens with zero attached hydrogens (tertiary/aromatic N) is 1. The molecule has 0 aromatic carbocycles. The molecule has 140 valence electrons. The van der Waals surface area contributed by atoms with E-state index in [0.717, 1.165) is 25.5 Å². The van der Waals surface area contributed by atoms with Crippen LogP contribution in [0.2, 0.25) is 0 Å². The van der Waals surface area contributed by atoms with Crippen LogP contribution in [0.1, 0.15) is 41.0 Å². The van der Waals surface area contributed by atoms with Crippen molar-refractivity contribution in [1.82, 2.24) is 15.4 Å². The zero-order valence-electron chi connectivity index (χ0n) is 15.6. The second kappa shape index (κ2) is 6.80. The number of hydrogen-bond donors (Lipinski definition) is 3. The van der Waals surface area contributed by atoms with Crippen molar-refractivity contribution in [2.75, 3.05) is 26.0 Å². The van der Waals surface area contributed by atoms with Gasteiger partial charge in [0.15, 0.2) is 5.96 Å². The fourth-order valence-electron chi connectivity index (χ4n) is 3.90. The first-order chi connectivity index (χ1) is 11.0. The van der Waals surface area contributed by atoms with Crippen molar-refractivity contribution in [2.45, 2.75) is 58.7 Å². The summed E-state index contributed by atoms with van der Waals surface area (Å²) < 4.78 is 31.4. The van der Waals surface area contributed by atoms with Crippen molar-refractivity contribution >= 4 is 16.0 Å². The third kappa shape index (κ3) is 4.40. The SMILES string of the molecule is CCNC(=NCC(C)(C)NS(C)(=O)=O)NC1C2CCOC2C1(C)C. The van der Waals surface area contributed by atoms with Gasteiger partial charge in [-0.05, 0) is 27.2 Å². The number of aliphatic imine (C=N–C) groups is 1. The first kappa shape index (κ1) is 19.5. The molecule has 0 radical (unpaired) electrons.